The highest BCUT2D eigenvalue weighted by molar-refractivity contribution is 9.09. The van der Waals surface area contributed by atoms with Crippen molar-refractivity contribution >= 4 is 49.2 Å². The monoisotopic (exact) mass is 373 g/mol. The number of hydrogen-bond acceptors (Lipinski definition) is 8. The van der Waals surface area contributed by atoms with Gasteiger partial charge in [0, 0.05) is 12.8 Å². The van der Waals surface area contributed by atoms with Gasteiger partial charge in [0.15, 0.2) is 11.5 Å². The van der Waals surface area contributed by atoms with Crippen molar-refractivity contribution in [3.05, 3.63) is 11.5 Å². The quantitative estimate of drug-likeness (QED) is 0.623. The molecular weight excluding hydrogens is 362 g/mol. The number of amides is 1. The molecule has 2 atom stereocenters. The lowest BCUT2D eigenvalue weighted by atomic mass is 9.91. The van der Waals surface area contributed by atoms with Crippen LogP contribution in [-0.2, 0) is 9.59 Å². The molecule has 1 aromatic heterocycles. The SMILES string of the molecule is CC(=O)Nc1nnc(N=NC2=C(O)C(Br)CC(C)C2=O)s1. The summed E-state index contributed by atoms with van der Waals surface area (Å²) in [6.07, 6.45) is 0.509. The number of nitrogens with zero attached hydrogens (tertiary/aromatic N) is 4. The molecule has 0 bridgehead atoms. The molecule has 112 valence electrons. The second kappa shape index (κ2) is 6.39. The molecule has 0 fully saturated rings. The first-order chi connectivity index (χ1) is 9.88. The van der Waals surface area contributed by atoms with Gasteiger partial charge in [0.1, 0.15) is 5.76 Å². The van der Waals surface area contributed by atoms with E-state index in [1.165, 1.54) is 6.92 Å². The summed E-state index contributed by atoms with van der Waals surface area (Å²) in [6.45, 7) is 3.11. The van der Waals surface area contributed by atoms with Crippen LogP contribution < -0.4 is 5.32 Å². The maximum atomic E-state index is 12.0. The fraction of sp³-hybridized carbons (Fsp3) is 0.455. The Morgan fingerprint density at radius 2 is 2.19 bits per heavy atom. The topological polar surface area (TPSA) is 117 Å². The zero-order valence-corrected chi connectivity index (χ0v) is 13.6. The van der Waals surface area contributed by atoms with Crippen molar-refractivity contribution in [2.75, 3.05) is 5.32 Å². The summed E-state index contributed by atoms with van der Waals surface area (Å²) < 4.78 is 0. The number of nitrogens with one attached hydrogen (secondary N) is 1. The fourth-order valence-corrected chi connectivity index (χ4v) is 3.08. The number of aromatic nitrogens is 2. The molecule has 21 heavy (non-hydrogen) atoms. The van der Waals surface area contributed by atoms with E-state index < -0.39 is 0 Å². The molecule has 2 rings (SSSR count). The Balaban J connectivity index is 2.19. The van der Waals surface area contributed by atoms with Crippen LogP contribution in [0.2, 0.25) is 0 Å². The molecule has 1 amide bonds. The van der Waals surface area contributed by atoms with Crippen molar-refractivity contribution in [3.8, 4) is 0 Å². The number of allylic oxidation sites excluding steroid dienone is 2. The van der Waals surface area contributed by atoms with Crippen LogP contribution in [0.4, 0.5) is 10.3 Å². The van der Waals surface area contributed by atoms with Gasteiger partial charge in [-0.3, -0.25) is 9.59 Å². The van der Waals surface area contributed by atoms with Gasteiger partial charge in [-0.2, -0.15) is 0 Å². The molecule has 10 heteroatoms. The summed E-state index contributed by atoms with van der Waals surface area (Å²) in [5, 5.41) is 27.8. The van der Waals surface area contributed by atoms with E-state index in [0.717, 1.165) is 11.3 Å². The van der Waals surface area contributed by atoms with Crippen LogP contribution in [0.1, 0.15) is 20.3 Å². The Morgan fingerprint density at radius 3 is 2.86 bits per heavy atom. The van der Waals surface area contributed by atoms with Crippen LogP contribution in [0.25, 0.3) is 0 Å². The zero-order chi connectivity index (χ0) is 15.6. The highest BCUT2D eigenvalue weighted by Crippen LogP contribution is 2.32. The van der Waals surface area contributed by atoms with E-state index in [1.807, 2.05) is 0 Å². The highest BCUT2D eigenvalue weighted by atomic mass is 79.9. The number of rotatable bonds is 3. The number of anilines is 1. The van der Waals surface area contributed by atoms with E-state index in [1.54, 1.807) is 6.92 Å². The fourth-order valence-electron chi connectivity index (χ4n) is 1.69. The van der Waals surface area contributed by atoms with Gasteiger partial charge in [-0.1, -0.05) is 34.2 Å². The maximum absolute atomic E-state index is 12.0. The third-order valence-electron chi connectivity index (χ3n) is 2.71. The maximum Gasteiger partial charge on any atom is 0.253 e. The number of aliphatic hydroxyl groups excluding tert-OH is 1. The predicted octanol–water partition coefficient (Wildman–Crippen LogP) is 2.72. The zero-order valence-electron chi connectivity index (χ0n) is 11.2. The van der Waals surface area contributed by atoms with Crippen LogP contribution in [-0.4, -0.2) is 31.8 Å². The van der Waals surface area contributed by atoms with Crippen molar-refractivity contribution in [2.45, 2.75) is 25.1 Å². The predicted molar refractivity (Wildman–Crippen MR) is 79.9 cm³/mol. The Morgan fingerprint density at radius 1 is 1.48 bits per heavy atom. The lowest BCUT2D eigenvalue weighted by molar-refractivity contribution is -0.119. The Labute approximate surface area is 132 Å². The van der Waals surface area contributed by atoms with Gasteiger partial charge in [0.2, 0.25) is 11.0 Å². The van der Waals surface area contributed by atoms with Gasteiger partial charge < -0.3 is 10.4 Å². The molecule has 0 aliphatic heterocycles. The average molecular weight is 374 g/mol. The summed E-state index contributed by atoms with van der Waals surface area (Å²) in [4.78, 5) is 22.5. The van der Waals surface area contributed by atoms with E-state index in [2.05, 4.69) is 41.7 Å². The van der Waals surface area contributed by atoms with Gasteiger partial charge in [0.05, 0.1) is 4.83 Å². The summed E-state index contributed by atoms with van der Waals surface area (Å²) in [7, 11) is 0. The molecule has 0 spiro atoms. The first-order valence-electron chi connectivity index (χ1n) is 6.02. The van der Waals surface area contributed by atoms with Crippen LogP contribution in [0.5, 0.6) is 0 Å². The van der Waals surface area contributed by atoms with Gasteiger partial charge in [-0.15, -0.1) is 20.4 Å². The smallest absolute Gasteiger partial charge is 0.253 e. The van der Waals surface area contributed by atoms with E-state index in [9.17, 15) is 14.7 Å². The van der Waals surface area contributed by atoms with Crippen molar-refractivity contribution in [1.29, 1.82) is 0 Å². The molecule has 1 heterocycles. The number of carbonyl (C=O) groups is 2. The first kappa shape index (κ1) is 15.7. The summed E-state index contributed by atoms with van der Waals surface area (Å²) >= 11 is 4.30. The van der Waals surface area contributed by atoms with Crippen molar-refractivity contribution in [1.82, 2.24) is 10.2 Å². The number of ketones is 1. The second-order valence-corrected chi connectivity index (χ2v) is 6.53. The molecule has 2 unspecified atom stereocenters. The molecule has 2 N–H and O–H groups in total. The first-order valence-corrected chi connectivity index (χ1v) is 7.76. The molecule has 0 saturated carbocycles. The van der Waals surface area contributed by atoms with E-state index in [-0.39, 0.29) is 44.2 Å². The summed E-state index contributed by atoms with van der Waals surface area (Å²) in [5.41, 5.74) is -0.0769. The Kier molecular flexibility index (Phi) is 4.78. The Bertz CT molecular complexity index is 642. The van der Waals surface area contributed by atoms with Crippen molar-refractivity contribution in [2.24, 2.45) is 16.1 Å². The lowest BCUT2D eigenvalue weighted by Gasteiger charge is -2.21. The molecule has 0 radical (unpaired) electrons. The van der Waals surface area contributed by atoms with E-state index in [4.69, 9.17) is 0 Å². The number of carbonyl (C=O) groups excluding carboxylic acids is 2. The van der Waals surface area contributed by atoms with Crippen molar-refractivity contribution < 1.29 is 14.7 Å². The third-order valence-corrected chi connectivity index (χ3v) is 4.24. The second-order valence-electron chi connectivity index (χ2n) is 4.47. The average Bonchev–Trinajstić information content (AvgIpc) is 2.83. The summed E-state index contributed by atoms with van der Waals surface area (Å²) in [6, 6.07) is 0. The molecule has 1 aliphatic carbocycles. The number of azo groups is 1. The molecule has 1 aliphatic rings. The molecule has 0 aromatic carbocycles. The normalized spacial score (nSPS) is 22.9. The minimum absolute atomic E-state index is 0.0769. The Hall–Kier alpha value is -1.68. The lowest BCUT2D eigenvalue weighted by Crippen LogP contribution is -2.26. The number of aliphatic hydroxyl groups is 1. The van der Waals surface area contributed by atoms with Gasteiger partial charge in [-0.05, 0) is 6.42 Å². The van der Waals surface area contributed by atoms with Crippen LogP contribution >= 0.6 is 27.3 Å². The number of Topliss-reactive ketones (excluding diaryl/α,β-unsaturated/α-hetero) is 1. The number of halogens is 1. The number of alkyl halides is 1. The van der Waals surface area contributed by atoms with Crippen LogP contribution in [0, 0.1) is 5.92 Å². The molecule has 8 nitrogen and oxygen atoms in total. The summed E-state index contributed by atoms with van der Waals surface area (Å²) in [5.74, 6) is -0.913. The van der Waals surface area contributed by atoms with Crippen LogP contribution in [0.15, 0.2) is 21.7 Å². The van der Waals surface area contributed by atoms with Gasteiger partial charge in [-0.25, -0.2) is 0 Å². The van der Waals surface area contributed by atoms with E-state index >= 15 is 0 Å². The third kappa shape index (κ3) is 3.70. The standard InChI is InChI=1S/C11H12BrN5O3S/c1-4-3-6(12)9(20)7(8(4)19)14-16-11-17-15-10(21-11)13-5(2)18/h4,6,20H,3H2,1-2H3,(H,13,15,18). The van der Waals surface area contributed by atoms with Gasteiger partial charge in [0.25, 0.3) is 5.13 Å². The molecular formula is C11H12BrN5O3S. The molecule has 1 aromatic rings. The number of hydrogen-bond donors (Lipinski definition) is 2. The largest absolute Gasteiger partial charge is 0.509 e. The minimum Gasteiger partial charge on any atom is -0.509 e. The molecule has 0 saturated heterocycles. The van der Waals surface area contributed by atoms with Gasteiger partial charge >= 0.3 is 0 Å². The van der Waals surface area contributed by atoms with Crippen molar-refractivity contribution in [3.63, 3.8) is 0 Å². The van der Waals surface area contributed by atoms with E-state index in [0.29, 0.717) is 6.42 Å². The van der Waals surface area contributed by atoms with Crippen LogP contribution in [0.3, 0.4) is 0 Å². The highest BCUT2D eigenvalue weighted by Gasteiger charge is 2.32. The minimum atomic E-state index is -0.316.